The molecule has 0 heterocycles. The van der Waals surface area contributed by atoms with Gasteiger partial charge in [-0.1, -0.05) is 0 Å². The van der Waals surface area contributed by atoms with Crippen LogP contribution in [0.25, 0.3) is 0 Å². The van der Waals surface area contributed by atoms with Crippen LogP contribution in [-0.2, 0) is 0 Å². The van der Waals surface area contributed by atoms with Gasteiger partial charge in [-0.2, -0.15) is 0 Å². The Morgan fingerprint density at radius 1 is 0.824 bits per heavy atom. The zero-order valence-electron chi connectivity index (χ0n) is 8.35. The molecule has 0 radical (unpaired) electrons. The Hall–Kier alpha value is -1.14. The van der Waals surface area contributed by atoms with Crippen molar-refractivity contribution in [1.82, 2.24) is 0 Å². The molecule has 10 nitrogen and oxygen atoms in total. The first kappa shape index (κ1) is 15.9. The molecule has 0 aromatic heterocycles. The van der Waals surface area contributed by atoms with E-state index in [0.29, 0.717) is 12.1 Å². The van der Waals surface area contributed by atoms with Gasteiger partial charge in [0.1, 0.15) is 0 Å². The Morgan fingerprint density at radius 2 is 1.18 bits per heavy atom. The van der Waals surface area contributed by atoms with E-state index in [0.717, 1.165) is 0 Å². The van der Waals surface area contributed by atoms with Gasteiger partial charge < -0.3 is 5.11 Å². The third-order valence-corrected chi connectivity index (χ3v) is 1.64. The number of hydrogen-bond donors (Lipinski definition) is 0. The quantitative estimate of drug-likeness (QED) is 0.333. The van der Waals surface area contributed by atoms with Crippen molar-refractivity contribution in [3.63, 3.8) is 0 Å². The molecular formula is C6H2KN3O7. The second-order valence-electron chi connectivity index (χ2n) is 2.58. The van der Waals surface area contributed by atoms with E-state index >= 15 is 0 Å². The Kier molecular flexibility index (Phi) is 5.57. The first-order valence-electron chi connectivity index (χ1n) is 3.63. The number of benzene rings is 1. The number of nitrogens with zero attached hydrogens (tertiary/aromatic N) is 3. The predicted molar refractivity (Wildman–Crippen MR) is 45.9 cm³/mol. The predicted octanol–water partition coefficient (Wildman–Crippen LogP) is -2.51. The Labute approximate surface area is 135 Å². The van der Waals surface area contributed by atoms with Crippen molar-refractivity contribution in [2.24, 2.45) is 0 Å². The van der Waals surface area contributed by atoms with Gasteiger partial charge in [-0.3, -0.25) is 30.3 Å². The van der Waals surface area contributed by atoms with E-state index in [1.54, 1.807) is 0 Å². The van der Waals surface area contributed by atoms with Crippen LogP contribution in [0.15, 0.2) is 12.1 Å². The molecule has 0 bridgehead atoms. The maximum absolute atomic E-state index is 11.1. The molecule has 1 aromatic rings. The summed E-state index contributed by atoms with van der Waals surface area (Å²) in [6.07, 6.45) is 0. The molecule has 0 amide bonds. The number of nitro benzene ring substituents is 3. The zero-order valence-corrected chi connectivity index (χ0v) is 11.5. The van der Waals surface area contributed by atoms with E-state index in [2.05, 4.69) is 0 Å². The van der Waals surface area contributed by atoms with E-state index in [1.807, 2.05) is 0 Å². The van der Waals surface area contributed by atoms with Crippen molar-refractivity contribution in [2.45, 2.75) is 0 Å². The monoisotopic (exact) mass is 267 g/mol. The van der Waals surface area contributed by atoms with Crippen molar-refractivity contribution in [3.05, 3.63) is 42.5 Å². The summed E-state index contributed by atoms with van der Waals surface area (Å²) in [7, 11) is 0. The molecule has 0 aliphatic rings. The van der Waals surface area contributed by atoms with Crippen LogP contribution in [0, 0.1) is 30.3 Å². The fourth-order valence-corrected chi connectivity index (χ4v) is 0.961. The standard InChI is InChI=1S/C6H3N3O7.K/c10-6-4(8(13)14)1-3(7(11)12)2-5(6)9(15)16;/h1-2,10H;/q;+1/p-1. The summed E-state index contributed by atoms with van der Waals surface area (Å²) in [5.74, 6) is -1.46. The summed E-state index contributed by atoms with van der Waals surface area (Å²) in [5, 5.41) is 42.1. The van der Waals surface area contributed by atoms with E-state index in [1.165, 1.54) is 0 Å². The average molecular weight is 267 g/mol. The number of nitro groups is 3. The molecule has 0 saturated heterocycles. The van der Waals surface area contributed by atoms with Gasteiger partial charge in [0.05, 0.1) is 32.7 Å². The summed E-state index contributed by atoms with van der Waals surface area (Å²) in [5.41, 5.74) is -3.26. The molecule has 1 aromatic carbocycles. The maximum Gasteiger partial charge on any atom is 1.00 e. The third-order valence-electron chi connectivity index (χ3n) is 1.64. The van der Waals surface area contributed by atoms with Crippen LogP contribution >= 0.6 is 0 Å². The zero-order chi connectivity index (χ0) is 12.5. The van der Waals surface area contributed by atoms with Crippen LogP contribution in [-0.4, -0.2) is 14.8 Å². The second kappa shape index (κ2) is 5.97. The van der Waals surface area contributed by atoms with Crippen molar-refractivity contribution in [2.75, 3.05) is 0 Å². The Balaban J connectivity index is 0.00000256. The SMILES string of the molecule is O=[N+]([O-])c1cc([N+](=O)[O-])c([O-])c([N+](=O)[O-])c1.[K+]. The molecule has 1 rings (SSSR count). The van der Waals surface area contributed by atoms with E-state index in [4.69, 9.17) is 0 Å². The number of hydrogen-bond acceptors (Lipinski definition) is 7. The van der Waals surface area contributed by atoms with Crippen molar-refractivity contribution >= 4 is 17.1 Å². The summed E-state index contributed by atoms with van der Waals surface area (Å²) in [4.78, 5) is 27.5. The Bertz CT molecular complexity index is 467. The van der Waals surface area contributed by atoms with Crippen molar-refractivity contribution in [3.8, 4) is 5.75 Å². The Morgan fingerprint density at radius 3 is 1.41 bits per heavy atom. The molecule has 0 saturated carbocycles. The van der Waals surface area contributed by atoms with Crippen LogP contribution in [0.2, 0.25) is 0 Å². The molecule has 0 aliphatic carbocycles. The van der Waals surface area contributed by atoms with Crippen LogP contribution in [0.5, 0.6) is 5.75 Å². The van der Waals surface area contributed by atoms with E-state index < -0.39 is 37.6 Å². The first-order chi connectivity index (χ1) is 7.34. The molecule has 0 spiro atoms. The number of rotatable bonds is 3. The smallest absolute Gasteiger partial charge is 0.863 e. The topological polar surface area (TPSA) is 152 Å². The van der Waals surface area contributed by atoms with Gasteiger partial charge in [-0.05, 0) is 0 Å². The van der Waals surface area contributed by atoms with Gasteiger partial charge >= 0.3 is 51.4 Å². The largest absolute Gasteiger partial charge is 1.00 e. The van der Waals surface area contributed by atoms with Crippen molar-refractivity contribution in [1.29, 1.82) is 0 Å². The average Bonchev–Trinajstić information content (AvgIpc) is 2.16. The van der Waals surface area contributed by atoms with Gasteiger partial charge in [0, 0.05) is 0 Å². The summed E-state index contributed by atoms with van der Waals surface area (Å²) >= 11 is 0. The second-order valence-corrected chi connectivity index (χ2v) is 2.58. The van der Waals surface area contributed by atoms with Crippen LogP contribution in [0.1, 0.15) is 0 Å². The maximum atomic E-state index is 11.1. The number of non-ortho nitro benzene ring substituents is 1. The summed E-state index contributed by atoms with van der Waals surface area (Å²) in [6, 6.07) is 0.769. The first-order valence-corrected chi connectivity index (χ1v) is 3.63. The van der Waals surface area contributed by atoms with Gasteiger partial charge in [0.2, 0.25) is 0 Å². The molecular weight excluding hydrogens is 265 g/mol. The molecule has 0 unspecified atom stereocenters. The van der Waals surface area contributed by atoms with Crippen LogP contribution in [0.4, 0.5) is 17.1 Å². The fourth-order valence-electron chi connectivity index (χ4n) is 0.961. The molecule has 84 valence electrons. The minimum Gasteiger partial charge on any atom is -0.863 e. The molecule has 11 heteroatoms. The molecule has 0 fully saturated rings. The minimum atomic E-state index is -1.46. The summed E-state index contributed by atoms with van der Waals surface area (Å²) < 4.78 is 0. The molecule has 17 heavy (non-hydrogen) atoms. The normalized spacial score (nSPS) is 9.18. The molecule has 0 aliphatic heterocycles. The van der Waals surface area contributed by atoms with E-state index in [-0.39, 0.29) is 51.4 Å². The van der Waals surface area contributed by atoms with Crippen LogP contribution in [0.3, 0.4) is 0 Å². The van der Waals surface area contributed by atoms with Gasteiger partial charge in [-0.25, -0.2) is 0 Å². The van der Waals surface area contributed by atoms with Gasteiger partial charge in [0.15, 0.2) is 0 Å². The van der Waals surface area contributed by atoms with Crippen LogP contribution < -0.4 is 56.5 Å². The summed E-state index contributed by atoms with van der Waals surface area (Å²) in [6.45, 7) is 0. The third kappa shape index (κ3) is 3.40. The van der Waals surface area contributed by atoms with Gasteiger partial charge in [0.25, 0.3) is 17.1 Å². The van der Waals surface area contributed by atoms with E-state index in [9.17, 15) is 35.4 Å². The minimum absolute atomic E-state index is 0. The molecule has 0 atom stereocenters. The molecule has 0 N–H and O–H groups in total. The van der Waals surface area contributed by atoms with Gasteiger partial charge in [-0.15, -0.1) is 0 Å². The van der Waals surface area contributed by atoms with Crippen molar-refractivity contribution < 1.29 is 71.3 Å². The fraction of sp³-hybridized carbons (Fsp3) is 0.